The first-order chi connectivity index (χ1) is 17.3. The van der Waals surface area contributed by atoms with Crippen LogP contribution in [0.5, 0.6) is 11.5 Å². The zero-order valence-electron chi connectivity index (χ0n) is 22.1. The van der Waals surface area contributed by atoms with Crippen LogP contribution in [-0.4, -0.2) is 26.3 Å². The van der Waals surface area contributed by atoms with Gasteiger partial charge in [0.05, 0.1) is 0 Å². The van der Waals surface area contributed by atoms with Gasteiger partial charge in [0.25, 0.3) is 0 Å². The Bertz CT molecular complexity index is 1130. The van der Waals surface area contributed by atoms with E-state index in [1.54, 1.807) is 0 Å². The molecule has 0 saturated carbocycles. The summed E-state index contributed by atoms with van der Waals surface area (Å²) < 4.78 is 12.4. The van der Waals surface area contributed by atoms with Gasteiger partial charge in [-0.25, -0.2) is 0 Å². The van der Waals surface area contributed by atoms with Crippen molar-refractivity contribution in [3.63, 3.8) is 0 Å². The van der Waals surface area contributed by atoms with Crippen LogP contribution >= 0.6 is 0 Å². The Hall–Kier alpha value is -3.92. The third kappa shape index (κ3) is 6.19. The Morgan fingerprint density at radius 1 is 0.444 bits per heavy atom. The molecule has 0 saturated heterocycles. The second-order valence-corrected chi connectivity index (χ2v) is 9.42. The lowest BCUT2D eigenvalue weighted by atomic mass is 10.2. The average molecular weight is 481 g/mol. The summed E-state index contributed by atoms with van der Waals surface area (Å²) in [6.45, 7) is 8.28. The van der Waals surface area contributed by atoms with Crippen molar-refractivity contribution in [2.75, 3.05) is 23.9 Å². The van der Waals surface area contributed by atoms with E-state index in [2.05, 4.69) is 111 Å². The van der Waals surface area contributed by atoms with E-state index in [9.17, 15) is 0 Å². The van der Waals surface area contributed by atoms with Crippen molar-refractivity contribution in [3.8, 4) is 11.5 Å². The van der Waals surface area contributed by atoms with Crippen molar-refractivity contribution in [1.82, 2.24) is 0 Å². The van der Waals surface area contributed by atoms with Crippen molar-refractivity contribution >= 4 is 22.7 Å². The minimum Gasteiger partial charge on any atom is -0.487 e. The number of rotatable bonds is 9. The van der Waals surface area contributed by atoms with Crippen molar-refractivity contribution in [2.24, 2.45) is 0 Å². The fourth-order valence-corrected chi connectivity index (χ4v) is 3.95. The minimum atomic E-state index is -0.111. The number of nitrogens with zero attached hydrogens (tertiary/aromatic N) is 2. The summed E-state index contributed by atoms with van der Waals surface area (Å²) in [7, 11) is 4.14. The predicted octanol–water partition coefficient (Wildman–Crippen LogP) is 8.07. The van der Waals surface area contributed by atoms with Crippen LogP contribution in [0.15, 0.2) is 97.1 Å². The third-order valence-electron chi connectivity index (χ3n) is 6.60. The maximum atomic E-state index is 6.18. The molecule has 2 unspecified atom stereocenters. The first-order valence-electron chi connectivity index (χ1n) is 12.4. The Balaban J connectivity index is 1.32. The molecule has 4 rings (SSSR count). The van der Waals surface area contributed by atoms with Crippen molar-refractivity contribution < 1.29 is 9.47 Å². The summed E-state index contributed by atoms with van der Waals surface area (Å²) in [5.41, 5.74) is 7.04. The highest BCUT2D eigenvalue weighted by atomic mass is 16.5. The lowest BCUT2D eigenvalue weighted by molar-refractivity contribution is 0.0779. The summed E-state index contributed by atoms with van der Waals surface area (Å²) >= 11 is 0. The summed E-state index contributed by atoms with van der Waals surface area (Å²) in [5.74, 6) is 1.66. The number of benzene rings is 4. The molecule has 186 valence electrons. The molecule has 4 heteroatoms. The van der Waals surface area contributed by atoms with E-state index in [-0.39, 0.29) is 12.2 Å². The molecule has 4 aromatic carbocycles. The predicted molar refractivity (Wildman–Crippen MR) is 152 cm³/mol. The van der Waals surface area contributed by atoms with Gasteiger partial charge in [-0.3, -0.25) is 0 Å². The molecule has 0 heterocycles. The number of hydrogen-bond acceptors (Lipinski definition) is 4. The van der Waals surface area contributed by atoms with Gasteiger partial charge in [-0.1, -0.05) is 35.4 Å². The molecule has 0 amide bonds. The highest BCUT2D eigenvalue weighted by Crippen LogP contribution is 2.28. The molecule has 4 aromatic rings. The number of hydrogen-bond donors (Lipinski definition) is 0. The van der Waals surface area contributed by atoms with E-state index in [0.717, 1.165) is 34.2 Å². The topological polar surface area (TPSA) is 24.9 Å². The quantitative estimate of drug-likeness (QED) is 0.242. The fourth-order valence-electron chi connectivity index (χ4n) is 3.95. The van der Waals surface area contributed by atoms with Gasteiger partial charge in [-0.05, 0) is 100 Å². The molecule has 0 radical (unpaired) electrons. The summed E-state index contributed by atoms with van der Waals surface area (Å²) in [4.78, 5) is 4.33. The van der Waals surface area contributed by atoms with Crippen LogP contribution in [0.1, 0.15) is 25.0 Å². The Morgan fingerprint density at radius 2 is 0.694 bits per heavy atom. The molecule has 36 heavy (non-hydrogen) atoms. The van der Waals surface area contributed by atoms with Crippen LogP contribution in [0.2, 0.25) is 0 Å². The monoisotopic (exact) mass is 480 g/mol. The van der Waals surface area contributed by atoms with Crippen molar-refractivity contribution in [3.05, 3.63) is 108 Å². The van der Waals surface area contributed by atoms with Crippen LogP contribution in [0.3, 0.4) is 0 Å². The zero-order chi connectivity index (χ0) is 25.7. The SMILES string of the molecule is Cc1ccc(N(C)c2ccc(OC(C)C(C)Oc3ccc(N(C)c4ccc(C)cc4)cc3)cc2)cc1. The van der Waals surface area contributed by atoms with E-state index in [4.69, 9.17) is 9.47 Å². The number of aryl methyl sites for hydroxylation is 2. The minimum absolute atomic E-state index is 0.111. The van der Waals surface area contributed by atoms with Gasteiger partial charge in [0.2, 0.25) is 0 Å². The largest absolute Gasteiger partial charge is 0.487 e. The molecule has 0 aliphatic carbocycles. The maximum Gasteiger partial charge on any atom is 0.132 e. The first-order valence-corrected chi connectivity index (χ1v) is 12.4. The van der Waals surface area contributed by atoms with Crippen molar-refractivity contribution in [1.29, 1.82) is 0 Å². The maximum absolute atomic E-state index is 6.18. The van der Waals surface area contributed by atoms with Crippen LogP contribution in [0.25, 0.3) is 0 Å². The lowest BCUT2D eigenvalue weighted by Gasteiger charge is -2.24. The van der Waals surface area contributed by atoms with Crippen molar-refractivity contribution in [2.45, 2.75) is 39.9 Å². The van der Waals surface area contributed by atoms with Gasteiger partial charge in [0.15, 0.2) is 0 Å². The molecule has 4 nitrogen and oxygen atoms in total. The molecule has 0 N–H and O–H groups in total. The van der Waals surface area contributed by atoms with Gasteiger partial charge >= 0.3 is 0 Å². The Labute approximate surface area is 215 Å². The summed E-state index contributed by atoms with van der Waals surface area (Å²) in [6, 6.07) is 33.4. The van der Waals surface area contributed by atoms with E-state index >= 15 is 0 Å². The van der Waals surface area contributed by atoms with Gasteiger partial charge in [-0.15, -0.1) is 0 Å². The van der Waals surface area contributed by atoms with Gasteiger partial charge in [0.1, 0.15) is 23.7 Å². The molecule has 0 bridgehead atoms. The number of anilines is 4. The fraction of sp³-hybridized carbons (Fsp3) is 0.250. The highest BCUT2D eigenvalue weighted by Gasteiger charge is 2.16. The average Bonchev–Trinajstić information content (AvgIpc) is 2.89. The second kappa shape index (κ2) is 11.2. The van der Waals surface area contributed by atoms with Crippen LogP contribution in [-0.2, 0) is 0 Å². The summed E-state index contributed by atoms with van der Waals surface area (Å²) in [6.07, 6.45) is -0.221. The molecule has 0 aliphatic heterocycles. The van der Waals surface area contributed by atoms with E-state index < -0.39 is 0 Å². The van der Waals surface area contributed by atoms with Crippen LogP contribution < -0.4 is 19.3 Å². The first kappa shape index (κ1) is 25.2. The Morgan fingerprint density at radius 3 is 0.972 bits per heavy atom. The number of ether oxygens (including phenoxy) is 2. The molecule has 0 spiro atoms. The van der Waals surface area contributed by atoms with E-state index in [1.807, 2.05) is 38.1 Å². The standard InChI is InChI=1S/C32H36N2O2/c1-23-7-11-27(12-8-23)33(5)29-15-19-31(20-16-29)35-25(3)26(4)36-32-21-17-30(18-22-32)34(6)28-13-9-24(2)10-14-28/h7-22,25-26H,1-6H3. The smallest absolute Gasteiger partial charge is 0.132 e. The highest BCUT2D eigenvalue weighted by molar-refractivity contribution is 5.64. The molecule has 2 atom stereocenters. The van der Waals surface area contributed by atoms with Gasteiger partial charge in [-0.2, -0.15) is 0 Å². The molecule has 0 aliphatic rings. The molecular formula is C32H36N2O2. The third-order valence-corrected chi connectivity index (χ3v) is 6.60. The normalized spacial score (nSPS) is 12.5. The zero-order valence-corrected chi connectivity index (χ0v) is 22.1. The second-order valence-electron chi connectivity index (χ2n) is 9.42. The van der Waals surface area contributed by atoms with Crippen LogP contribution in [0, 0.1) is 13.8 Å². The molecule has 0 fully saturated rings. The van der Waals surface area contributed by atoms with Crippen LogP contribution in [0.4, 0.5) is 22.7 Å². The van der Waals surface area contributed by atoms with Gasteiger partial charge in [0, 0.05) is 36.8 Å². The Kier molecular flexibility index (Phi) is 7.84. The molecule has 0 aromatic heterocycles. The van der Waals surface area contributed by atoms with E-state index in [1.165, 1.54) is 11.1 Å². The van der Waals surface area contributed by atoms with E-state index in [0.29, 0.717) is 0 Å². The van der Waals surface area contributed by atoms with Gasteiger partial charge < -0.3 is 19.3 Å². The molecular weight excluding hydrogens is 444 g/mol. The summed E-state index contributed by atoms with van der Waals surface area (Å²) in [5, 5.41) is 0. The lowest BCUT2D eigenvalue weighted by Crippen LogP contribution is -2.31.